The molecule has 0 spiro atoms. The summed E-state index contributed by atoms with van der Waals surface area (Å²) >= 11 is 4.42. The number of halogens is 1. The van der Waals surface area contributed by atoms with E-state index in [1.807, 2.05) is 13.0 Å². The van der Waals surface area contributed by atoms with Gasteiger partial charge in [0.2, 0.25) is 0 Å². The summed E-state index contributed by atoms with van der Waals surface area (Å²) in [4.78, 5) is 53.4. The third-order valence-electron chi connectivity index (χ3n) is 12.2. The van der Waals surface area contributed by atoms with Crippen molar-refractivity contribution >= 4 is 102 Å². The molecule has 0 bridgehead atoms. The van der Waals surface area contributed by atoms with E-state index in [9.17, 15) is 19.2 Å². The third-order valence-corrected chi connectivity index (χ3v) is 33.0. The average molecular weight is 1220 g/mol. The van der Waals surface area contributed by atoms with E-state index in [0.29, 0.717) is 34.0 Å². The summed E-state index contributed by atoms with van der Waals surface area (Å²) in [5.74, 6) is -0.440. The first-order valence-electron chi connectivity index (χ1n) is 26.3. The van der Waals surface area contributed by atoms with Crippen LogP contribution in [0.2, 0.25) is 26.6 Å². The van der Waals surface area contributed by atoms with Crippen molar-refractivity contribution < 1.29 is 19.2 Å². The molecule has 374 valence electrons. The summed E-state index contributed by atoms with van der Waals surface area (Å²) in [7, 11) is 0. The normalized spacial score (nSPS) is 12.8. The van der Waals surface area contributed by atoms with Crippen LogP contribution in [0.1, 0.15) is 262 Å². The number of carbonyl (C=O) groups is 4. The quantitative estimate of drug-likeness (QED) is 0.0416. The molecule has 0 fully saturated rings. The van der Waals surface area contributed by atoms with E-state index in [4.69, 9.17) is 0 Å². The fraction of sp³-hybridized carbons (Fsp3) is 0.778. The molecule has 2 aliphatic heterocycles. The zero-order chi connectivity index (χ0) is 47.5. The van der Waals surface area contributed by atoms with Crippen molar-refractivity contribution in [3.05, 3.63) is 41.7 Å². The van der Waals surface area contributed by atoms with E-state index in [0.717, 1.165) is 34.3 Å². The Morgan fingerprint density at radius 2 is 0.708 bits per heavy atom. The molecule has 4 amide bonds. The summed E-state index contributed by atoms with van der Waals surface area (Å²) in [6.07, 6.45) is 31.6. The molecule has 6 nitrogen and oxygen atoms in total. The van der Waals surface area contributed by atoms with E-state index in [-0.39, 0.29) is 31.1 Å². The van der Waals surface area contributed by atoms with E-state index < -0.39 is 39.5 Å². The van der Waals surface area contributed by atoms with Crippen molar-refractivity contribution in [3.63, 3.8) is 0 Å². The predicted molar refractivity (Wildman–Crippen MR) is 295 cm³/mol. The molecule has 0 unspecified atom stereocenters. The first-order valence-corrected chi connectivity index (χ1v) is 40.8. The van der Waals surface area contributed by atoms with Crippen molar-refractivity contribution in [1.29, 1.82) is 0 Å². The molecule has 11 heteroatoms. The van der Waals surface area contributed by atoms with Crippen LogP contribution in [0, 0.1) is 6.92 Å². The molecule has 4 rings (SSSR count). The maximum absolute atomic E-state index is 12.1. The van der Waals surface area contributed by atoms with Gasteiger partial charge < -0.3 is 0 Å². The summed E-state index contributed by atoms with van der Waals surface area (Å²) < 4.78 is 10.9. The summed E-state index contributed by atoms with van der Waals surface area (Å²) in [5, 5.41) is 0. The number of rotatable bonds is 32. The molecule has 2 aromatic rings. The van der Waals surface area contributed by atoms with Crippen LogP contribution in [-0.2, 0) is 0 Å². The zero-order valence-electron chi connectivity index (χ0n) is 42.5. The van der Waals surface area contributed by atoms with Crippen LogP contribution in [-0.4, -0.2) is 86.0 Å². The van der Waals surface area contributed by atoms with Crippen LogP contribution in [0.4, 0.5) is 0 Å². The first kappa shape index (κ1) is 64.8. The molecule has 0 saturated heterocycles. The molecular formula is C54H97BrN2O4S2Sn2. The van der Waals surface area contributed by atoms with Gasteiger partial charge in [-0.2, -0.15) is 0 Å². The Balaban J connectivity index is 0.000000852. The number of imide groups is 2. The molecular weight excluding hydrogens is 1120 g/mol. The molecule has 0 N–H and O–H groups in total. The van der Waals surface area contributed by atoms with Crippen LogP contribution >= 0.6 is 38.6 Å². The Morgan fingerprint density at radius 3 is 1.02 bits per heavy atom. The first-order chi connectivity index (χ1) is 31.0. The Labute approximate surface area is 432 Å². The maximum atomic E-state index is 12.1. The van der Waals surface area contributed by atoms with Gasteiger partial charge in [-0.25, -0.2) is 0 Å². The SMILES string of the molecule is C.CCCCCCCCN1C(=O)c2cc(Br)sc2C1=O.CCCCCCCCN1C(=O)c2cc(C)sc2C1=O.CCC[CH2][Sn]([CH2]CCC)[CH2]CCC.CCC[CH2][Sn]([CH2]CCC)[CH2]CCC. The minimum atomic E-state index is -0.839. The van der Waals surface area contributed by atoms with Crippen molar-refractivity contribution in [2.75, 3.05) is 13.1 Å². The van der Waals surface area contributed by atoms with Crippen LogP contribution in [0.15, 0.2) is 15.9 Å². The van der Waals surface area contributed by atoms with E-state index in [1.165, 1.54) is 161 Å². The molecule has 0 saturated carbocycles. The molecule has 0 aliphatic carbocycles. The fourth-order valence-corrected chi connectivity index (χ4v) is 29.4. The summed E-state index contributed by atoms with van der Waals surface area (Å²) in [6.45, 7) is 21.5. The van der Waals surface area contributed by atoms with E-state index in [2.05, 4.69) is 71.3 Å². The number of fused-ring (bicyclic) bond motifs is 2. The van der Waals surface area contributed by atoms with Gasteiger partial charge in [0.25, 0.3) is 23.6 Å². The van der Waals surface area contributed by atoms with Crippen LogP contribution in [0.5, 0.6) is 0 Å². The number of unbranched alkanes of at least 4 members (excludes halogenated alkanes) is 16. The van der Waals surface area contributed by atoms with Crippen LogP contribution in [0.25, 0.3) is 0 Å². The third kappa shape index (κ3) is 26.5. The van der Waals surface area contributed by atoms with Gasteiger partial charge in [0, 0.05) is 18.0 Å². The molecule has 0 aromatic carbocycles. The van der Waals surface area contributed by atoms with Gasteiger partial charge in [0.15, 0.2) is 0 Å². The second-order valence-corrected chi connectivity index (χ2v) is 38.9. The van der Waals surface area contributed by atoms with Gasteiger partial charge in [0.1, 0.15) is 9.75 Å². The van der Waals surface area contributed by atoms with Gasteiger partial charge in [-0.1, -0.05) is 85.5 Å². The monoisotopic (exact) mass is 1220 g/mol. The number of hydrogen-bond donors (Lipinski definition) is 0. The molecule has 4 heterocycles. The number of nitrogens with zero attached hydrogens (tertiary/aromatic N) is 2. The Kier molecular flexibility index (Phi) is 41.4. The Bertz CT molecular complexity index is 1330. The van der Waals surface area contributed by atoms with Gasteiger partial charge in [-0.05, 0) is 47.8 Å². The molecule has 65 heavy (non-hydrogen) atoms. The van der Waals surface area contributed by atoms with E-state index >= 15 is 0 Å². The van der Waals surface area contributed by atoms with Crippen molar-refractivity contribution in [3.8, 4) is 0 Å². The second kappa shape index (κ2) is 41.5. The predicted octanol–water partition coefficient (Wildman–Crippen LogP) is 18.9. The molecule has 2 aliphatic rings. The average Bonchev–Trinajstić information content (AvgIpc) is 4.00. The Morgan fingerprint density at radius 1 is 0.415 bits per heavy atom. The zero-order valence-corrected chi connectivity index (χ0v) is 51.4. The van der Waals surface area contributed by atoms with Gasteiger partial charge >= 0.3 is 185 Å². The van der Waals surface area contributed by atoms with Crippen LogP contribution < -0.4 is 0 Å². The second-order valence-electron chi connectivity index (χ2n) is 18.1. The fourth-order valence-electron chi connectivity index (χ4n) is 8.05. The van der Waals surface area contributed by atoms with Crippen molar-refractivity contribution in [2.24, 2.45) is 0 Å². The van der Waals surface area contributed by atoms with Crippen molar-refractivity contribution in [1.82, 2.24) is 9.80 Å². The number of thiophene rings is 2. The number of carbonyl (C=O) groups excluding carboxylic acids is 4. The van der Waals surface area contributed by atoms with Crippen molar-refractivity contribution in [2.45, 2.75) is 250 Å². The van der Waals surface area contributed by atoms with Gasteiger partial charge in [-0.15, -0.1) is 22.7 Å². The number of amides is 4. The summed E-state index contributed by atoms with van der Waals surface area (Å²) in [5.41, 5.74) is 1.17. The minimum absolute atomic E-state index is 0. The molecule has 0 atom stereocenters. The summed E-state index contributed by atoms with van der Waals surface area (Å²) in [6, 6.07) is 3.59. The molecule has 2 radical (unpaired) electrons. The van der Waals surface area contributed by atoms with Gasteiger partial charge in [0.05, 0.1) is 14.9 Å². The number of aryl methyl sites for hydroxylation is 1. The topological polar surface area (TPSA) is 74.8 Å². The van der Waals surface area contributed by atoms with E-state index in [1.54, 1.807) is 32.7 Å². The standard InChI is InChI=1S/C15H21NO2S.C14H18BrNO2S.6C4H9.CH4.2Sn/c1-3-4-5-6-7-8-9-16-14(17)12-10-11(2)19-13(12)15(16)18;1-2-3-4-5-6-7-8-16-13(17)10-9-11(15)19-12(10)14(16)18;6*1-3-4-2;;;/h10H,3-9H2,1-2H3;9H,2-8H2,1H3;6*1,3-4H2,2H3;1H4;;. The van der Waals surface area contributed by atoms with Crippen LogP contribution in [0.3, 0.4) is 0 Å². The number of hydrogen-bond acceptors (Lipinski definition) is 6. The molecule has 2 aromatic heterocycles. The Hall–Kier alpha value is -0.243. The van der Waals surface area contributed by atoms with Gasteiger partial charge in [-0.3, -0.25) is 29.0 Å².